The van der Waals surface area contributed by atoms with Crippen molar-refractivity contribution >= 4 is 34.8 Å². The van der Waals surface area contributed by atoms with Crippen LogP contribution < -0.4 is 19.1 Å². The number of hydrogen-bond acceptors (Lipinski definition) is 8. The number of carbonyl (C=O) groups is 2. The molecule has 1 atom stereocenters. The summed E-state index contributed by atoms with van der Waals surface area (Å²) in [6.45, 7) is 1.53. The molecule has 3 aromatic rings. The number of anilines is 1. The maximum absolute atomic E-state index is 12.8. The molecule has 0 spiro atoms. The second kappa shape index (κ2) is 9.49. The number of nitrogens with zero attached hydrogens (tertiary/aromatic N) is 4. The zero-order valence-electron chi connectivity index (χ0n) is 19.3. The fraction of sp³-hybridized carbons (Fsp3) is 0.280. The van der Waals surface area contributed by atoms with Gasteiger partial charge < -0.3 is 23.8 Å². The van der Waals surface area contributed by atoms with Crippen LogP contribution in [0, 0.1) is 0 Å². The summed E-state index contributed by atoms with van der Waals surface area (Å²) < 4.78 is 21.8. The third-order valence-corrected chi connectivity index (χ3v) is 5.77. The molecule has 2 aliphatic heterocycles. The first-order valence-electron chi connectivity index (χ1n) is 11.1. The molecule has 2 aromatic heterocycles. The molecular weight excluding hydrogens is 452 g/mol. The van der Waals surface area contributed by atoms with Gasteiger partial charge in [0.25, 0.3) is 0 Å². The molecule has 0 unspecified atom stereocenters. The van der Waals surface area contributed by atoms with E-state index in [9.17, 15) is 9.59 Å². The van der Waals surface area contributed by atoms with Crippen LogP contribution in [0.25, 0.3) is 17.1 Å². The zero-order chi connectivity index (χ0) is 24.4. The van der Waals surface area contributed by atoms with Gasteiger partial charge in [0.2, 0.25) is 11.8 Å². The molecule has 10 nitrogen and oxygen atoms in total. The van der Waals surface area contributed by atoms with Crippen molar-refractivity contribution in [2.75, 3.05) is 45.4 Å². The Balaban J connectivity index is 1.24. The molecule has 1 fully saturated rings. The van der Waals surface area contributed by atoms with Gasteiger partial charge in [0.05, 0.1) is 36.9 Å². The molecule has 4 heterocycles. The predicted octanol–water partition coefficient (Wildman–Crippen LogP) is 2.91. The van der Waals surface area contributed by atoms with Crippen LogP contribution >= 0.6 is 0 Å². The number of benzene rings is 1. The zero-order valence-corrected chi connectivity index (χ0v) is 19.3. The Labute approximate surface area is 201 Å². The van der Waals surface area contributed by atoms with E-state index in [2.05, 4.69) is 9.97 Å². The van der Waals surface area contributed by atoms with E-state index in [-0.39, 0.29) is 12.5 Å². The van der Waals surface area contributed by atoms with E-state index in [1.807, 2.05) is 6.07 Å². The Morgan fingerprint density at radius 2 is 2.03 bits per heavy atom. The molecule has 0 saturated carbocycles. The fourth-order valence-electron chi connectivity index (χ4n) is 3.99. The lowest BCUT2D eigenvalue weighted by Gasteiger charge is -2.21. The van der Waals surface area contributed by atoms with Gasteiger partial charge in [-0.3, -0.25) is 14.7 Å². The third kappa shape index (κ3) is 4.68. The first-order chi connectivity index (χ1) is 17.0. The quantitative estimate of drug-likeness (QED) is 0.501. The molecule has 1 aromatic carbocycles. The van der Waals surface area contributed by atoms with Gasteiger partial charge in [0, 0.05) is 37.0 Å². The fourth-order valence-corrected chi connectivity index (χ4v) is 3.99. The van der Waals surface area contributed by atoms with Gasteiger partial charge in [0.1, 0.15) is 19.3 Å². The van der Waals surface area contributed by atoms with E-state index < -0.39 is 12.2 Å². The van der Waals surface area contributed by atoms with E-state index in [0.29, 0.717) is 53.9 Å². The van der Waals surface area contributed by atoms with Crippen LogP contribution in [0.5, 0.6) is 17.4 Å². The Hall–Kier alpha value is -4.34. The van der Waals surface area contributed by atoms with E-state index in [1.165, 1.54) is 15.9 Å². The first kappa shape index (κ1) is 22.5. The number of amides is 2. The highest BCUT2D eigenvalue weighted by Crippen LogP contribution is 2.35. The van der Waals surface area contributed by atoms with Gasteiger partial charge in [0.15, 0.2) is 11.5 Å². The van der Waals surface area contributed by atoms with Crippen LogP contribution in [0.4, 0.5) is 10.5 Å². The summed E-state index contributed by atoms with van der Waals surface area (Å²) in [5.41, 5.74) is 2.74. The summed E-state index contributed by atoms with van der Waals surface area (Å²) in [5.74, 6) is 1.48. The molecule has 0 bridgehead atoms. The number of cyclic esters (lactones) is 1. The molecule has 5 rings (SSSR count). The summed E-state index contributed by atoms with van der Waals surface area (Å²) in [7, 11) is 3.21. The van der Waals surface area contributed by atoms with Gasteiger partial charge in [-0.1, -0.05) is 0 Å². The van der Waals surface area contributed by atoms with Crippen LogP contribution in [0.2, 0.25) is 0 Å². The monoisotopic (exact) mass is 476 g/mol. The van der Waals surface area contributed by atoms with E-state index in [0.717, 1.165) is 5.56 Å². The summed E-state index contributed by atoms with van der Waals surface area (Å²) >= 11 is 0. The van der Waals surface area contributed by atoms with Crippen molar-refractivity contribution in [2.45, 2.75) is 6.10 Å². The third-order valence-electron chi connectivity index (χ3n) is 5.77. The van der Waals surface area contributed by atoms with Gasteiger partial charge >= 0.3 is 6.09 Å². The van der Waals surface area contributed by atoms with Crippen molar-refractivity contribution in [1.29, 1.82) is 0 Å². The van der Waals surface area contributed by atoms with Crippen LogP contribution in [0.1, 0.15) is 5.56 Å². The Morgan fingerprint density at radius 1 is 1.20 bits per heavy atom. The lowest BCUT2D eigenvalue weighted by molar-refractivity contribution is -0.125. The highest BCUT2D eigenvalue weighted by atomic mass is 16.6. The van der Waals surface area contributed by atoms with Crippen LogP contribution in [-0.4, -0.2) is 73.4 Å². The number of likely N-dealkylation sites (N-methyl/N-ethyl adjacent to an activating group) is 1. The Bertz CT molecular complexity index is 1310. The van der Waals surface area contributed by atoms with Crippen molar-refractivity contribution in [3.63, 3.8) is 0 Å². The molecule has 2 amide bonds. The smallest absolute Gasteiger partial charge is 0.414 e. The lowest BCUT2D eigenvalue weighted by Crippen LogP contribution is -2.35. The van der Waals surface area contributed by atoms with Gasteiger partial charge in [-0.2, -0.15) is 0 Å². The Morgan fingerprint density at radius 3 is 2.86 bits per heavy atom. The van der Waals surface area contributed by atoms with Gasteiger partial charge in [-0.05, 0) is 30.3 Å². The number of hydrogen-bond donors (Lipinski definition) is 0. The summed E-state index contributed by atoms with van der Waals surface area (Å²) in [6.07, 6.45) is 3.88. The minimum Gasteiger partial charge on any atom is -0.486 e. The molecule has 180 valence electrons. The van der Waals surface area contributed by atoms with Crippen LogP contribution in [0.3, 0.4) is 0 Å². The SMILES string of the molecule is COc1ccc2nccc(C=CC(=O)N(C)C[C@H]3CN(c4ccc5c(c4)OCCO5)C(=O)O3)c2n1. The summed E-state index contributed by atoms with van der Waals surface area (Å²) in [4.78, 5) is 37.0. The minimum atomic E-state index is -0.467. The summed E-state index contributed by atoms with van der Waals surface area (Å²) in [5, 5.41) is 0. The number of rotatable bonds is 6. The van der Waals surface area contributed by atoms with Crippen molar-refractivity contribution in [1.82, 2.24) is 14.9 Å². The van der Waals surface area contributed by atoms with Crippen molar-refractivity contribution in [3.8, 4) is 17.4 Å². The van der Waals surface area contributed by atoms with E-state index in [4.69, 9.17) is 18.9 Å². The largest absolute Gasteiger partial charge is 0.486 e. The average Bonchev–Trinajstić information content (AvgIpc) is 3.26. The highest BCUT2D eigenvalue weighted by Gasteiger charge is 2.34. The maximum Gasteiger partial charge on any atom is 0.414 e. The topological polar surface area (TPSA) is 103 Å². The van der Waals surface area contributed by atoms with Gasteiger partial charge in [-0.25, -0.2) is 9.78 Å². The number of fused-ring (bicyclic) bond motifs is 2. The second-order valence-corrected chi connectivity index (χ2v) is 8.12. The minimum absolute atomic E-state index is 0.230. The lowest BCUT2D eigenvalue weighted by atomic mass is 10.2. The molecule has 2 aliphatic rings. The predicted molar refractivity (Wildman–Crippen MR) is 128 cm³/mol. The van der Waals surface area contributed by atoms with Crippen LogP contribution in [-0.2, 0) is 9.53 Å². The maximum atomic E-state index is 12.8. The molecule has 0 aliphatic carbocycles. The van der Waals surface area contributed by atoms with E-state index in [1.54, 1.807) is 56.8 Å². The van der Waals surface area contributed by atoms with Crippen molar-refractivity contribution in [2.24, 2.45) is 0 Å². The molecule has 35 heavy (non-hydrogen) atoms. The second-order valence-electron chi connectivity index (χ2n) is 8.12. The molecule has 1 saturated heterocycles. The standard InChI is InChI=1S/C25H24N4O6/c1-28(23(30)8-3-16-9-10-26-19-5-7-22(32-2)27-24(16)19)14-18-15-29(25(31)35-18)17-4-6-20-21(13-17)34-12-11-33-20/h3-10,13,18H,11-12,14-15H2,1-2H3/t18-/m0/s1. The van der Waals surface area contributed by atoms with Crippen LogP contribution in [0.15, 0.2) is 48.7 Å². The Kier molecular flexibility index (Phi) is 6.09. The molecule has 10 heteroatoms. The molecular formula is C25H24N4O6. The number of methoxy groups -OCH3 is 1. The number of pyridine rings is 2. The normalized spacial score (nSPS) is 17.0. The van der Waals surface area contributed by atoms with Gasteiger partial charge in [-0.15, -0.1) is 0 Å². The van der Waals surface area contributed by atoms with E-state index >= 15 is 0 Å². The first-order valence-corrected chi connectivity index (χ1v) is 11.1. The average molecular weight is 476 g/mol. The number of carbonyl (C=O) groups excluding carboxylic acids is 2. The van der Waals surface area contributed by atoms with Crippen molar-refractivity contribution in [3.05, 3.63) is 54.2 Å². The molecule has 0 radical (unpaired) electrons. The number of aromatic nitrogens is 2. The summed E-state index contributed by atoms with van der Waals surface area (Å²) in [6, 6.07) is 10.7. The number of ether oxygens (including phenoxy) is 4. The highest BCUT2D eigenvalue weighted by molar-refractivity contribution is 5.95. The molecule has 0 N–H and O–H groups in total. The van der Waals surface area contributed by atoms with Crippen molar-refractivity contribution < 1.29 is 28.5 Å².